The Hall–Kier alpha value is -2.93. The number of para-hydroxylation sites is 1. The lowest BCUT2D eigenvalue weighted by Crippen LogP contribution is -2.41. The van der Waals surface area contributed by atoms with Crippen LogP contribution >= 0.6 is 11.6 Å². The quantitative estimate of drug-likeness (QED) is 0.495. The third kappa shape index (κ3) is 2.75. The Labute approximate surface area is 129 Å². The molecular formula is C14H10ClN5O2. The summed E-state index contributed by atoms with van der Waals surface area (Å²) < 4.78 is 0. The second kappa shape index (κ2) is 5.82. The lowest BCUT2D eigenvalue weighted by atomic mass is 10.2. The molecule has 0 unspecified atom stereocenters. The van der Waals surface area contributed by atoms with Crippen LogP contribution in [0, 0.1) is 0 Å². The van der Waals surface area contributed by atoms with Gasteiger partial charge in [-0.3, -0.25) is 25.5 Å². The van der Waals surface area contributed by atoms with E-state index in [0.29, 0.717) is 5.39 Å². The first-order valence-electron chi connectivity index (χ1n) is 6.30. The number of pyridine rings is 1. The zero-order valence-electron chi connectivity index (χ0n) is 11.1. The van der Waals surface area contributed by atoms with Crippen molar-refractivity contribution in [2.75, 3.05) is 0 Å². The first-order chi connectivity index (χ1) is 10.6. The number of carbonyl (C=O) groups is 2. The van der Waals surface area contributed by atoms with Crippen molar-refractivity contribution in [3.05, 3.63) is 59.0 Å². The Kier molecular flexibility index (Phi) is 3.71. The largest absolute Gasteiger partial charge is 0.290 e. The molecule has 3 N–H and O–H groups in total. The molecule has 2 aromatic heterocycles. The number of halogens is 1. The van der Waals surface area contributed by atoms with Crippen LogP contribution in [-0.2, 0) is 0 Å². The van der Waals surface area contributed by atoms with Gasteiger partial charge in [-0.05, 0) is 18.2 Å². The van der Waals surface area contributed by atoms with Crippen LogP contribution < -0.4 is 10.9 Å². The van der Waals surface area contributed by atoms with Gasteiger partial charge in [-0.15, -0.1) is 0 Å². The highest BCUT2D eigenvalue weighted by atomic mass is 35.5. The topological polar surface area (TPSA) is 99.8 Å². The number of H-pyrrole nitrogens is 1. The number of carbonyl (C=O) groups excluding carboxylic acids is 2. The molecule has 7 nitrogen and oxygen atoms in total. The summed E-state index contributed by atoms with van der Waals surface area (Å²) in [5.74, 6) is -1.02. The van der Waals surface area contributed by atoms with Gasteiger partial charge in [-0.2, -0.15) is 5.10 Å². The van der Waals surface area contributed by atoms with Crippen LogP contribution in [0.3, 0.4) is 0 Å². The normalized spacial score (nSPS) is 10.4. The molecule has 0 aliphatic heterocycles. The van der Waals surface area contributed by atoms with Crippen molar-refractivity contribution < 1.29 is 9.59 Å². The van der Waals surface area contributed by atoms with Gasteiger partial charge in [0.05, 0.1) is 11.1 Å². The molecule has 0 spiro atoms. The summed E-state index contributed by atoms with van der Waals surface area (Å²) in [6.07, 6.45) is 1.31. The van der Waals surface area contributed by atoms with Crippen LogP contribution in [0.25, 0.3) is 10.9 Å². The highest BCUT2D eigenvalue weighted by Gasteiger charge is 2.15. The Morgan fingerprint density at radius 3 is 2.59 bits per heavy atom. The molecule has 2 heterocycles. The number of nitrogens with one attached hydrogen (secondary N) is 3. The average molecular weight is 316 g/mol. The average Bonchev–Trinajstić information content (AvgIpc) is 2.97. The maximum atomic E-state index is 12.1. The van der Waals surface area contributed by atoms with E-state index in [9.17, 15) is 9.59 Å². The van der Waals surface area contributed by atoms with Crippen molar-refractivity contribution in [1.29, 1.82) is 0 Å². The molecule has 3 aromatic rings. The van der Waals surface area contributed by atoms with Crippen molar-refractivity contribution >= 4 is 34.3 Å². The lowest BCUT2D eigenvalue weighted by molar-refractivity contribution is 0.0844. The predicted octanol–water partition coefficient (Wildman–Crippen LogP) is 1.69. The summed E-state index contributed by atoms with van der Waals surface area (Å²) in [7, 11) is 0. The van der Waals surface area contributed by atoms with Crippen molar-refractivity contribution in [2.45, 2.75) is 0 Å². The van der Waals surface area contributed by atoms with E-state index in [2.05, 4.69) is 26.0 Å². The molecule has 0 fully saturated rings. The molecule has 0 aliphatic rings. The molecule has 0 saturated heterocycles. The number of amides is 2. The SMILES string of the molecule is O=C(NNC(=O)c1n[nH]c2ccccc12)c1ccc(Cl)nc1. The van der Waals surface area contributed by atoms with Crippen molar-refractivity contribution in [3.8, 4) is 0 Å². The maximum Gasteiger partial charge on any atom is 0.290 e. The van der Waals surface area contributed by atoms with E-state index in [-0.39, 0.29) is 16.4 Å². The van der Waals surface area contributed by atoms with E-state index < -0.39 is 11.8 Å². The molecule has 1 aromatic carbocycles. The van der Waals surface area contributed by atoms with Crippen LogP contribution in [0.5, 0.6) is 0 Å². The van der Waals surface area contributed by atoms with Gasteiger partial charge in [0.15, 0.2) is 5.69 Å². The number of hydrogen-bond acceptors (Lipinski definition) is 4. The monoisotopic (exact) mass is 315 g/mol. The van der Waals surface area contributed by atoms with Gasteiger partial charge in [-0.1, -0.05) is 29.8 Å². The van der Waals surface area contributed by atoms with E-state index in [4.69, 9.17) is 11.6 Å². The molecule has 0 radical (unpaired) electrons. The summed E-state index contributed by atoms with van der Waals surface area (Å²) in [5.41, 5.74) is 5.81. The second-order valence-electron chi connectivity index (χ2n) is 4.40. The van der Waals surface area contributed by atoms with Gasteiger partial charge in [0, 0.05) is 11.6 Å². The van der Waals surface area contributed by atoms with Gasteiger partial charge in [0.1, 0.15) is 5.15 Å². The summed E-state index contributed by atoms with van der Waals surface area (Å²) >= 11 is 5.64. The molecule has 22 heavy (non-hydrogen) atoms. The van der Waals surface area contributed by atoms with Crippen LogP contribution in [0.15, 0.2) is 42.6 Å². The fraction of sp³-hybridized carbons (Fsp3) is 0. The van der Waals surface area contributed by atoms with Crippen molar-refractivity contribution in [3.63, 3.8) is 0 Å². The summed E-state index contributed by atoms with van der Waals surface area (Å²) in [6, 6.07) is 10.2. The summed E-state index contributed by atoms with van der Waals surface area (Å²) in [5, 5.41) is 7.64. The molecule has 0 aliphatic carbocycles. The molecule has 8 heteroatoms. The molecule has 0 saturated carbocycles. The standard InChI is InChI=1S/C14H10ClN5O2/c15-11-6-5-8(7-16-11)13(21)19-20-14(22)12-9-3-1-2-4-10(9)17-18-12/h1-7H,(H,17,18)(H,19,21)(H,20,22). The number of aromatic nitrogens is 3. The Balaban J connectivity index is 1.70. The summed E-state index contributed by atoms with van der Waals surface area (Å²) in [6.45, 7) is 0. The smallest absolute Gasteiger partial charge is 0.277 e. The zero-order valence-corrected chi connectivity index (χ0v) is 11.9. The van der Waals surface area contributed by atoms with Gasteiger partial charge in [0.2, 0.25) is 0 Å². The van der Waals surface area contributed by atoms with Crippen LogP contribution in [0.2, 0.25) is 5.15 Å². The van der Waals surface area contributed by atoms with E-state index in [1.54, 1.807) is 18.2 Å². The molecule has 0 bridgehead atoms. The maximum absolute atomic E-state index is 12.1. The number of rotatable bonds is 2. The van der Waals surface area contributed by atoms with Gasteiger partial charge >= 0.3 is 0 Å². The number of hydrazine groups is 1. The van der Waals surface area contributed by atoms with Gasteiger partial charge in [0.25, 0.3) is 11.8 Å². The van der Waals surface area contributed by atoms with E-state index in [0.717, 1.165) is 5.52 Å². The number of hydrogen-bond donors (Lipinski definition) is 3. The first-order valence-corrected chi connectivity index (χ1v) is 6.68. The number of nitrogens with zero attached hydrogens (tertiary/aromatic N) is 2. The Morgan fingerprint density at radius 2 is 1.82 bits per heavy atom. The van der Waals surface area contributed by atoms with Crippen molar-refractivity contribution in [2.24, 2.45) is 0 Å². The minimum absolute atomic E-state index is 0.199. The highest BCUT2D eigenvalue weighted by molar-refractivity contribution is 6.29. The van der Waals surface area contributed by atoms with Crippen LogP contribution in [0.4, 0.5) is 0 Å². The van der Waals surface area contributed by atoms with Gasteiger partial charge < -0.3 is 0 Å². The van der Waals surface area contributed by atoms with E-state index >= 15 is 0 Å². The number of aromatic amines is 1. The minimum atomic E-state index is -0.521. The molecule has 0 atom stereocenters. The zero-order chi connectivity index (χ0) is 15.5. The predicted molar refractivity (Wildman–Crippen MR) is 80.3 cm³/mol. The third-order valence-corrected chi connectivity index (χ3v) is 3.19. The fourth-order valence-electron chi connectivity index (χ4n) is 1.89. The number of benzene rings is 1. The molecule has 110 valence electrons. The van der Waals surface area contributed by atoms with E-state index in [1.165, 1.54) is 18.3 Å². The number of fused-ring (bicyclic) bond motifs is 1. The van der Waals surface area contributed by atoms with Crippen LogP contribution in [0.1, 0.15) is 20.8 Å². The third-order valence-electron chi connectivity index (χ3n) is 2.96. The van der Waals surface area contributed by atoms with Gasteiger partial charge in [-0.25, -0.2) is 4.98 Å². The Morgan fingerprint density at radius 1 is 1.05 bits per heavy atom. The lowest BCUT2D eigenvalue weighted by Gasteiger charge is -2.06. The Bertz CT molecular complexity index is 844. The van der Waals surface area contributed by atoms with E-state index in [1.807, 2.05) is 6.07 Å². The highest BCUT2D eigenvalue weighted by Crippen LogP contribution is 2.14. The second-order valence-corrected chi connectivity index (χ2v) is 4.78. The molecular weight excluding hydrogens is 306 g/mol. The first kappa shape index (κ1) is 14.0. The van der Waals surface area contributed by atoms with Crippen molar-refractivity contribution in [1.82, 2.24) is 26.0 Å². The molecule has 2 amide bonds. The summed E-state index contributed by atoms with van der Waals surface area (Å²) in [4.78, 5) is 27.7. The molecule has 3 rings (SSSR count). The fourth-order valence-corrected chi connectivity index (χ4v) is 2.00. The minimum Gasteiger partial charge on any atom is -0.277 e. The van der Waals surface area contributed by atoms with Crippen LogP contribution in [-0.4, -0.2) is 27.0 Å².